The molecule has 1 saturated heterocycles. The number of piperazine rings is 1. The van der Waals surface area contributed by atoms with Gasteiger partial charge in [0.1, 0.15) is 17.3 Å². The van der Waals surface area contributed by atoms with Crippen LogP contribution in [-0.4, -0.2) is 72.2 Å². The van der Waals surface area contributed by atoms with Gasteiger partial charge < -0.3 is 14.7 Å². The van der Waals surface area contributed by atoms with Crippen LogP contribution in [0.25, 0.3) is 5.57 Å². The summed E-state index contributed by atoms with van der Waals surface area (Å²) in [6.45, 7) is 6.80. The van der Waals surface area contributed by atoms with Gasteiger partial charge in [-0.2, -0.15) is 0 Å². The second kappa shape index (κ2) is 9.72. The molecule has 0 unspecified atom stereocenters. The fraction of sp³-hybridized carbons (Fsp3) is 0.360. The molecule has 0 atom stereocenters. The normalized spacial score (nSPS) is 17.5. The minimum absolute atomic E-state index is 0.0708. The van der Waals surface area contributed by atoms with Crippen LogP contribution < -0.4 is 9.64 Å². The van der Waals surface area contributed by atoms with Gasteiger partial charge in [-0.25, -0.2) is 9.29 Å². The summed E-state index contributed by atoms with van der Waals surface area (Å²) in [4.78, 5) is 32.6. The molecule has 0 bridgehead atoms. The number of hydrogen-bond donors (Lipinski definition) is 1. The number of aliphatic hydroxyl groups is 1. The standard InChI is InChI=1S/C25H28FN3O4/c1-17(2)33-21-6-4-3-5-20(21)29-24(31)22(18-7-9-19(26)10-8-18)23(25(29)32)28-13-11-27(12-14-28)15-16-30/h3-10,17,30H,11-16H2,1-2H3. The number of ether oxygens (including phenoxy) is 1. The third-order valence-electron chi connectivity index (χ3n) is 5.77. The van der Waals surface area contributed by atoms with Crippen LogP contribution in [0.3, 0.4) is 0 Å². The Bertz CT molecular complexity index is 1060. The molecule has 2 amide bonds. The van der Waals surface area contributed by atoms with Crippen molar-refractivity contribution < 1.29 is 23.8 Å². The molecule has 7 nitrogen and oxygen atoms in total. The zero-order valence-electron chi connectivity index (χ0n) is 18.8. The number of aliphatic hydroxyl groups excluding tert-OH is 1. The molecule has 2 aliphatic rings. The molecule has 2 aliphatic heterocycles. The van der Waals surface area contributed by atoms with E-state index in [1.165, 1.54) is 24.3 Å². The van der Waals surface area contributed by atoms with Crippen LogP contribution in [0.15, 0.2) is 54.2 Å². The maximum Gasteiger partial charge on any atom is 0.282 e. The van der Waals surface area contributed by atoms with Crippen LogP contribution in [0, 0.1) is 5.82 Å². The number of carbonyl (C=O) groups is 2. The molecule has 0 saturated carbocycles. The third-order valence-corrected chi connectivity index (χ3v) is 5.77. The quantitative estimate of drug-likeness (QED) is 0.650. The van der Waals surface area contributed by atoms with Crippen LogP contribution in [-0.2, 0) is 9.59 Å². The molecule has 2 aromatic rings. The molecule has 0 aliphatic carbocycles. The number of hydrogen-bond acceptors (Lipinski definition) is 6. The van der Waals surface area contributed by atoms with Crippen molar-refractivity contribution in [3.05, 3.63) is 65.6 Å². The van der Waals surface area contributed by atoms with Crippen molar-refractivity contribution in [2.45, 2.75) is 20.0 Å². The molecular formula is C25H28FN3O4. The van der Waals surface area contributed by atoms with Gasteiger partial charge in [-0.05, 0) is 43.7 Å². The number of imide groups is 1. The topological polar surface area (TPSA) is 73.3 Å². The molecule has 174 valence electrons. The number of para-hydroxylation sites is 2. The number of anilines is 1. The lowest BCUT2D eigenvalue weighted by atomic mass is 10.0. The molecule has 8 heteroatoms. The van der Waals surface area contributed by atoms with Gasteiger partial charge in [-0.15, -0.1) is 0 Å². The van der Waals surface area contributed by atoms with Crippen molar-refractivity contribution in [1.82, 2.24) is 9.80 Å². The third kappa shape index (κ3) is 4.62. The molecular weight excluding hydrogens is 425 g/mol. The van der Waals surface area contributed by atoms with Crippen molar-refractivity contribution in [3.8, 4) is 5.75 Å². The smallest absolute Gasteiger partial charge is 0.282 e. The van der Waals surface area contributed by atoms with E-state index in [0.717, 1.165) is 4.90 Å². The highest BCUT2D eigenvalue weighted by Gasteiger charge is 2.44. The van der Waals surface area contributed by atoms with Crippen LogP contribution in [0.4, 0.5) is 10.1 Å². The Morgan fingerprint density at radius 1 is 0.970 bits per heavy atom. The molecule has 33 heavy (non-hydrogen) atoms. The van der Waals surface area contributed by atoms with Gasteiger partial charge in [0, 0.05) is 32.7 Å². The van der Waals surface area contributed by atoms with E-state index in [9.17, 15) is 19.1 Å². The minimum atomic E-state index is -0.459. The molecule has 0 aromatic heterocycles. The SMILES string of the molecule is CC(C)Oc1ccccc1N1C(=O)C(c2ccc(F)cc2)=C(N2CCN(CCO)CC2)C1=O. The number of carbonyl (C=O) groups excluding carboxylic acids is 2. The van der Waals surface area contributed by atoms with E-state index in [1.807, 2.05) is 18.7 Å². The highest BCUT2D eigenvalue weighted by Crippen LogP contribution is 2.39. The van der Waals surface area contributed by atoms with E-state index in [0.29, 0.717) is 55.4 Å². The summed E-state index contributed by atoms with van der Waals surface area (Å²) in [5.41, 5.74) is 1.45. The van der Waals surface area contributed by atoms with E-state index in [2.05, 4.69) is 4.90 Å². The minimum Gasteiger partial charge on any atom is -0.489 e. The maximum absolute atomic E-state index is 13.7. The van der Waals surface area contributed by atoms with E-state index < -0.39 is 17.6 Å². The van der Waals surface area contributed by atoms with Gasteiger partial charge in [-0.1, -0.05) is 24.3 Å². The van der Waals surface area contributed by atoms with Crippen molar-refractivity contribution in [3.63, 3.8) is 0 Å². The Labute approximate surface area is 192 Å². The van der Waals surface area contributed by atoms with E-state index in [1.54, 1.807) is 24.3 Å². The zero-order chi connectivity index (χ0) is 23.5. The Morgan fingerprint density at radius 3 is 2.27 bits per heavy atom. The molecule has 1 fully saturated rings. The number of benzene rings is 2. The average molecular weight is 454 g/mol. The van der Waals surface area contributed by atoms with Crippen LogP contribution in [0.2, 0.25) is 0 Å². The summed E-state index contributed by atoms with van der Waals surface area (Å²) in [7, 11) is 0. The average Bonchev–Trinajstić information content (AvgIpc) is 3.05. The Balaban J connectivity index is 1.75. The fourth-order valence-electron chi connectivity index (χ4n) is 4.24. The number of halogens is 1. The molecule has 2 aromatic carbocycles. The lowest BCUT2D eigenvalue weighted by Crippen LogP contribution is -2.48. The maximum atomic E-state index is 13.7. The number of rotatable bonds is 7. The first-order valence-electron chi connectivity index (χ1n) is 11.1. The van der Waals surface area contributed by atoms with E-state index >= 15 is 0 Å². The lowest BCUT2D eigenvalue weighted by molar-refractivity contribution is -0.120. The summed E-state index contributed by atoms with van der Waals surface area (Å²) in [5.74, 6) is -0.849. The molecule has 0 radical (unpaired) electrons. The predicted octanol–water partition coefficient (Wildman–Crippen LogP) is 2.51. The first-order valence-corrected chi connectivity index (χ1v) is 11.1. The fourth-order valence-corrected chi connectivity index (χ4v) is 4.24. The van der Waals surface area contributed by atoms with Crippen molar-refractivity contribution in [1.29, 1.82) is 0 Å². The van der Waals surface area contributed by atoms with Gasteiger partial charge in [0.25, 0.3) is 11.8 Å². The Hall–Kier alpha value is -3.23. The zero-order valence-corrected chi connectivity index (χ0v) is 18.8. The number of β-amino-alcohol motifs (C(OH)–C–C–N with tert-alkyl or cyclic N) is 1. The van der Waals surface area contributed by atoms with Crippen molar-refractivity contribution in [2.75, 3.05) is 44.2 Å². The van der Waals surface area contributed by atoms with Crippen molar-refractivity contribution in [2.24, 2.45) is 0 Å². The molecule has 2 heterocycles. The van der Waals surface area contributed by atoms with E-state index in [4.69, 9.17) is 4.74 Å². The highest BCUT2D eigenvalue weighted by atomic mass is 19.1. The Kier molecular flexibility index (Phi) is 6.76. The van der Waals surface area contributed by atoms with Crippen LogP contribution in [0.5, 0.6) is 5.75 Å². The predicted molar refractivity (Wildman–Crippen MR) is 123 cm³/mol. The summed E-state index contributed by atoms with van der Waals surface area (Å²) < 4.78 is 19.5. The van der Waals surface area contributed by atoms with Gasteiger partial charge in [0.2, 0.25) is 0 Å². The summed E-state index contributed by atoms with van der Waals surface area (Å²) in [6, 6.07) is 12.6. The number of nitrogens with zero attached hydrogens (tertiary/aromatic N) is 3. The van der Waals surface area contributed by atoms with Crippen molar-refractivity contribution >= 4 is 23.1 Å². The summed E-state index contributed by atoms with van der Waals surface area (Å²) in [6.07, 6.45) is -0.137. The number of amides is 2. The second-order valence-corrected chi connectivity index (χ2v) is 8.36. The summed E-state index contributed by atoms with van der Waals surface area (Å²) in [5, 5.41) is 9.22. The van der Waals surface area contributed by atoms with Gasteiger partial charge >= 0.3 is 0 Å². The summed E-state index contributed by atoms with van der Waals surface area (Å²) >= 11 is 0. The first kappa shape index (κ1) is 22.9. The Morgan fingerprint density at radius 2 is 1.64 bits per heavy atom. The van der Waals surface area contributed by atoms with Gasteiger partial charge in [-0.3, -0.25) is 14.5 Å². The second-order valence-electron chi connectivity index (χ2n) is 8.36. The van der Waals surface area contributed by atoms with Gasteiger partial charge in [0.15, 0.2) is 0 Å². The van der Waals surface area contributed by atoms with E-state index in [-0.39, 0.29) is 18.3 Å². The molecule has 1 N–H and O–H groups in total. The van der Waals surface area contributed by atoms with Crippen LogP contribution >= 0.6 is 0 Å². The highest BCUT2D eigenvalue weighted by molar-refractivity contribution is 6.45. The first-order chi connectivity index (χ1) is 15.9. The van der Waals surface area contributed by atoms with Gasteiger partial charge in [0.05, 0.1) is 24.0 Å². The molecule has 0 spiro atoms. The largest absolute Gasteiger partial charge is 0.489 e. The molecule has 4 rings (SSSR count). The monoisotopic (exact) mass is 453 g/mol. The van der Waals surface area contributed by atoms with Crippen LogP contribution in [0.1, 0.15) is 19.4 Å². The lowest BCUT2D eigenvalue weighted by Gasteiger charge is -2.36.